The zero-order valence-corrected chi connectivity index (χ0v) is 19.5. The minimum atomic E-state index is -4.44. The average Bonchev–Trinajstić information content (AvgIpc) is 2.83. The number of halogens is 3. The van der Waals surface area contributed by atoms with Gasteiger partial charge in [0, 0.05) is 11.8 Å². The van der Waals surface area contributed by atoms with Gasteiger partial charge in [0.1, 0.15) is 24.4 Å². The van der Waals surface area contributed by atoms with Crippen LogP contribution >= 0.6 is 0 Å². The highest BCUT2D eigenvalue weighted by Crippen LogP contribution is 2.33. The van der Waals surface area contributed by atoms with E-state index in [-0.39, 0.29) is 23.9 Å². The molecule has 0 saturated carbocycles. The second-order valence-corrected chi connectivity index (χ2v) is 9.39. The molecular weight excluding hydrogens is 497 g/mol. The number of benzene rings is 2. The normalized spacial score (nSPS) is 11.7. The SMILES string of the molecule is CS(=O)(=O)Nc1cc(-c2cccc(OCc3cccc(C(F)(F)F)c3)c2)cnc1Oc1cncnc1. The lowest BCUT2D eigenvalue weighted by molar-refractivity contribution is -0.137. The van der Waals surface area contributed by atoms with Gasteiger partial charge in [0.15, 0.2) is 5.75 Å². The van der Waals surface area contributed by atoms with E-state index in [4.69, 9.17) is 9.47 Å². The Balaban J connectivity index is 1.57. The van der Waals surface area contributed by atoms with E-state index in [9.17, 15) is 21.6 Å². The molecule has 0 aliphatic rings. The summed E-state index contributed by atoms with van der Waals surface area (Å²) >= 11 is 0. The minimum Gasteiger partial charge on any atom is -0.489 e. The number of aromatic nitrogens is 3. The number of hydrogen-bond acceptors (Lipinski definition) is 7. The third-order valence-corrected chi connectivity index (χ3v) is 5.32. The van der Waals surface area contributed by atoms with E-state index in [1.165, 1.54) is 31.0 Å². The third-order valence-electron chi connectivity index (χ3n) is 4.73. The molecule has 186 valence electrons. The molecule has 0 atom stereocenters. The van der Waals surface area contributed by atoms with Crippen LogP contribution in [0, 0.1) is 0 Å². The molecule has 0 radical (unpaired) electrons. The molecule has 0 aliphatic heterocycles. The second kappa shape index (κ2) is 10.2. The molecule has 2 heterocycles. The Morgan fingerprint density at radius 1 is 0.917 bits per heavy atom. The molecule has 0 fully saturated rings. The molecule has 2 aromatic carbocycles. The highest BCUT2D eigenvalue weighted by molar-refractivity contribution is 7.92. The molecule has 36 heavy (non-hydrogen) atoms. The zero-order valence-electron chi connectivity index (χ0n) is 18.7. The lowest BCUT2D eigenvalue weighted by Gasteiger charge is -2.13. The Morgan fingerprint density at radius 2 is 1.67 bits per heavy atom. The largest absolute Gasteiger partial charge is 0.489 e. The number of alkyl halides is 3. The van der Waals surface area contributed by atoms with Crippen LogP contribution in [0.15, 0.2) is 79.5 Å². The van der Waals surface area contributed by atoms with Gasteiger partial charge in [-0.15, -0.1) is 0 Å². The number of sulfonamides is 1. The Hall–Kier alpha value is -4.19. The summed E-state index contributed by atoms with van der Waals surface area (Å²) in [4.78, 5) is 11.9. The van der Waals surface area contributed by atoms with Crippen LogP contribution in [0.2, 0.25) is 0 Å². The Labute approximate surface area is 204 Å². The summed E-state index contributed by atoms with van der Waals surface area (Å²) in [6, 6.07) is 13.2. The number of hydrogen-bond donors (Lipinski definition) is 1. The fraction of sp³-hybridized carbons (Fsp3) is 0.125. The van der Waals surface area contributed by atoms with E-state index in [1.807, 2.05) is 0 Å². The van der Waals surface area contributed by atoms with Crippen LogP contribution in [0.4, 0.5) is 18.9 Å². The van der Waals surface area contributed by atoms with Crippen LogP contribution in [-0.2, 0) is 22.8 Å². The summed E-state index contributed by atoms with van der Waals surface area (Å²) < 4.78 is 76.4. The summed E-state index contributed by atoms with van der Waals surface area (Å²) in [5.41, 5.74) is 0.883. The van der Waals surface area contributed by atoms with Crippen LogP contribution in [-0.4, -0.2) is 29.6 Å². The van der Waals surface area contributed by atoms with Crippen LogP contribution in [0.3, 0.4) is 0 Å². The van der Waals surface area contributed by atoms with Gasteiger partial charge in [-0.1, -0.05) is 24.3 Å². The summed E-state index contributed by atoms with van der Waals surface area (Å²) in [5, 5.41) is 0. The van der Waals surface area contributed by atoms with E-state index >= 15 is 0 Å². The molecule has 0 aliphatic carbocycles. The molecule has 0 bridgehead atoms. The maximum atomic E-state index is 13.0. The van der Waals surface area contributed by atoms with Crippen LogP contribution in [0.5, 0.6) is 17.4 Å². The van der Waals surface area contributed by atoms with Gasteiger partial charge in [-0.05, 0) is 41.5 Å². The van der Waals surface area contributed by atoms with Crippen molar-refractivity contribution in [3.05, 3.63) is 90.6 Å². The van der Waals surface area contributed by atoms with Crippen LogP contribution < -0.4 is 14.2 Å². The molecule has 4 rings (SSSR count). The fourth-order valence-electron chi connectivity index (χ4n) is 3.18. The lowest BCUT2D eigenvalue weighted by Crippen LogP contribution is -2.11. The van der Waals surface area contributed by atoms with Gasteiger partial charge in [-0.3, -0.25) is 4.72 Å². The van der Waals surface area contributed by atoms with E-state index in [2.05, 4.69) is 19.7 Å². The first-order valence-corrected chi connectivity index (χ1v) is 12.3. The maximum absolute atomic E-state index is 13.0. The first kappa shape index (κ1) is 24.9. The molecule has 0 amide bonds. The second-order valence-electron chi connectivity index (χ2n) is 7.64. The number of pyridine rings is 1. The molecule has 12 heteroatoms. The van der Waals surface area contributed by atoms with Crippen molar-refractivity contribution in [2.75, 3.05) is 11.0 Å². The maximum Gasteiger partial charge on any atom is 0.416 e. The van der Waals surface area contributed by atoms with E-state index < -0.39 is 21.8 Å². The van der Waals surface area contributed by atoms with Crippen LogP contribution in [0.25, 0.3) is 11.1 Å². The highest BCUT2D eigenvalue weighted by atomic mass is 32.2. The van der Waals surface area contributed by atoms with Gasteiger partial charge in [0.05, 0.1) is 24.2 Å². The van der Waals surface area contributed by atoms with Crippen LogP contribution in [0.1, 0.15) is 11.1 Å². The molecule has 0 saturated heterocycles. The Morgan fingerprint density at radius 3 is 2.39 bits per heavy atom. The third kappa shape index (κ3) is 6.69. The Bertz CT molecular complexity index is 1470. The van der Waals surface area contributed by atoms with Gasteiger partial charge in [-0.2, -0.15) is 13.2 Å². The summed E-state index contributed by atoms with van der Waals surface area (Å²) in [5.74, 6) is 0.666. The lowest BCUT2D eigenvalue weighted by atomic mass is 10.1. The van der Waals surface area contributed by atoms with Gasteiger partial charge < -0.3 is 9.47 Å². The zero-order chi connectivity index (χ0) is 25.8. The quantitative estimate of drug-likeness (QED) is 0.339. The van der Waals surface area contributed by atoms with Crippen molar-refractivity contribution in [1.82, 2.24) is 15.0 Å². The predicted octanol–water partition coefficient (Wildman–Crippen LogP) is 5.30. The first-order chi connectivity index (χ1) is 17.1. The summed E-state index contributed by atoms with van der Waals surface area (Å²) in [7, 11) is -3.66. The first-order valence-electron chi connectivity index (χ1n) is 10.4. The summed E-state index contributed by atoms with van der Waals surface area (Å²) in [6.45, 7) is -0.0710. The van der Waals surface area contributed by atoms with Crippen molar-refractivity contribution in [3.8, 4) is 28.5 Å². The Kier molecular flexibility index (Phi) is 7.06. The van der Waals surface area contributed by atoms with Gasteiger partial charge in [0.25, 0.3) is 0 Å². The van der Waals surface area contributed by atoms with Crippen molar-refractivity contribution in [3.63, 3.8) is 0 Å². The van der Waals surface area contributed by atoms with Gasteiger partial charge in [0.2, 0.25) is 15.9 Å². The van der Waals surface area contributed by atoms with Crippen molar-refractivity contribution < 1.29 is 31.1 Å². The minimum absolute atomic E-state index is 0.00377. The van der Waals surface area contributed by atoms with Crippen molar-refractivity contribution in [2.45, 2.75) is 12.8 Å². The van der Waals surface area contributed by atoms with Crippen molar-refractivity contribution in [1.29, 1.82) is 0 Å². The summed E-state index contributed by atoms with van der Waals surface area (Å²) in [6.07, 6.45) is 2.16. The topological polar surface area (TPSA) is 103 Å². The number of ether oxygens (including phenoxy) is 2. The molecular formula is C24H19F3N4O4S. The van der Waals surface area contributed by atoms with Gasteiger partial charge >= 0.3 is 6.18 Å². The molecule has 0 unspecified atom stereocenters. The average molecular weight is 517 g/mol. The van der Waals surface area contributed by atoms with Gasteiger partial charge in [-0.25, -0.2) is 23.4 Å². The van der Waals surface area contributed by atoms with Crippen molar-refractivity contribution >= 4 is 15.7 Å². The van der Waals surface area contributed by atoms with E-state index in [0.717, 1.165) is 18.4 Å². The number of nitrogens with zero attached hydrogens (tertiary/aromatic N) is 3. The number of rotatable bonds is 8. The smallest absolute Gasteiger partial charge is 0.416 e. The fourth-order valence-corrected chi connectivity index (χ4v) is 3.73. The molecule has 4 aromatic rings. The number of anilines is 1. The predicted molar refractivity (Wildman–Crippen MR) is 126 cm³/mol. The monoisotopic (exact) mass is 516 g/mol. The highest BCUT2D eigenvalue weighted by Gasteiger charge is 2.30. The van der Waals surface area contributed by atoms with Crippen molar-refractivity contribution in [2.24, 2.45) is 0 Å². The number of nitrogens with one attached hydrogen (secondary N) is 1. The van der Waals surface area contributed by atoms with E-state index in [1.54, 1.807) is 36.4 Å². The van der Waals surface area contributed by atoms with E-state index in [0.29, 0.717) is 22.4 Å². The molecule has 2 aromatic heterocycles. The molecule has 0 spiro atoms. The molecule has 1 N–H and O–H groups in total. The molecule has 8 nitrogen and oxygen atoms in total. The standard InChI is InChI=1S/C24H19F3N4O4S/c1-36(32,33)31-22-10-18(11-30-23(22)35-21-12-28-15-29-13-21)17-5-3-7-20(9-17)34-14-16-4-2-6-19(8-16)24(25,26)27/h2-13,15,31H,14H2,1H3.